The van der Waals surface area contributed by atoms with Gasteiger partial charge in [0.2, 0.25) is 0 Å². The number of carboxylic acid groups (broad SMARTS) is 1. The third-order valence-electron chi connectivity index (χ3n) is 5.94. The lowest BCUT2D eigenvalue weighted by Crippen LogP contribution is -2.34. The van der Waals surface area contributed by atoms with Crippen molar-refractivity contribution in [2.24, 2.45) is 0 Å². The van der Waals surface area contributed by atoms with Crippen LogP contribution in [0.5, 0.6) is 0 Å². The highest BCUT2D eigenvalue weighted by molar-refractivity contribution is 5.95. The van der Waals surface area contributed by atoms with Crippen LogP contribution in [0.3, 0.4) is 0 Å². The van der Waals surface area contributed by atoms with Gasteiger partial charge in [0.25, 0.3) is 0 Å². The molecule has 2 aliphatic heterocycles. The van der Waals surface area contributed by atoms with Gasteiger partial charge in [-0.15, -0.1) is 0 Å². The third kappa shape index (κ3) is 4.78. The van der Waals surface area contributed by atoms with Crippen LogP contribution in [0, 0.1) is 0 Å². The van der Waals surface area contributed by atoms with Gasteiger partial charge >= 0.3 is 12.0 Å². The monoisotopic (exact) mass is 494 g/mol. The molecule has 4 heterocycles. The van der Waals surface area contributed by atoms with E-state index in [1.807, 2.05) is 43.3 Å². The summed E-state index contributed by atoms with van der Waals surface area (Å²) in [7, 11) is 0. The van der Waals surface area contributed by atoms with Crippen LogP contribution in [-0.2, 0) is 19.0 Å². The number of imidazole rings is 1. The van der Waals surface area contributed by atoms with E-state index in [-0.39, 0.29) is 5.82 Å². The predicted octanol–water partition coefficient (Wildman–Crippen LogP) is 2.55. The maximum atomic E-state index is 12.2. The van der Waals surface area contributed by atoms with Crippen LogP contribution in [-0.4, -0.2) is 67.8 Å². The van der Waals surface area contributed by atoms with Gasteiger partial charge in [-0.3, -0.25) is 9.88 Å². The van der Waals surface area contributed by atoms with Gasteiger partial charge < -0.3 is 24.6 Å². The molecule has 2 fully saturated rings. The molecule has 0 bridgehead atoms. The average Bonchev–Trinajstić information content (AvgIpc) is 3.57. The van der Waals surface area contributed by atoms with Gasteiger partial charge in [-0.25, -0.2) is 24.5 Å². The number of nitrogens with one attached hydrogen (secondary N) is 2. The zero-order valence-electron chi connectivity index (χ0n) is 19.5. The summed E-state index contributed by atoms with van der Waals surface area (Å²) >= 11 is 0. The summed E-state index contributed by atoms with van der Waals surface area (Å²) in [6, 6.07) is 9.22. The fraction of sp³-hybridized carbons (Fsp3) is 0.375. The first-order valence-corrected chi connectivity index (χ1v) is 11.7. The zero-order chi connectivity index (χ0) is 25.1. The molecule has 0 spiro atoms. The Hall–Kier alpha value is -3.87. The molecule has 0 aliphatic carbocycles. The lowest BCUT2D eigenvalue weighted by atomic mass is 10.1. The average molecular weight is 495 g/mol. The van der Waals surface area contributed by atoms with Crippen LogP contribution in [0.1, 0.15) is 31.6 Å². The molecule has 2 amide bonds. The first-order chi connectivity index (χ1) is 17.5. The molecule has 5 unspecified atom stereocenters. The van der Waals surface area contributed by atoms with Gasteiger partial charge in [0, 0.05) is 6.54 Å². The lowest BCUT2D eigenvalue weighted by molar-refractivity contribution is -0.166. The van der Waals surface area contributed by atoms with Crippen LogP contribution < -0.4 is 10.6 Å². The van der Waals surface area contributed by atoms with Crippen LogP contribution in [0.4, 0.5) is 10.6 Å². The molecule has 2 aliphatic rings. The van der Waals surface area contributed by atoms with Crippen molar-refractivity contribution >= 4 is 35.1 Å². The number of hydrogen-bond donors (Lipinski definition) is 3. The smallest absolute Gasteiger partial charge is 0.335 e. The summed E-state index contributed by atoms with van der Waals surface area (Å²) in [6.45, 7) is 2.57. The largest absolute Gasteiger partial charge is 0.479 e. The Morgan fingerprint density at radius 3 is 2.69 bits per heavy atom. The molecule has 5 rings (SSSR count). The highest BCUT2D eigenvalue weighted by Gasteiger charge is 2.56. The second-order valence-electron chi connectivity index (χ2n) is 8.41. The van der Waals surface area contributed by atoms with Crippen molar-refractivity contribution in [1.29, 1.82) is 0 Å². The van der Waals surface area contributed by atoms with Crippen molar-refractivity contribution in [1.82, 2.24) is 24.8 Å². The van der Waals surface area contributed by atoms with E-state index in [1.54, 1.807) is 10.6 Å². The number of urea groups is 1. The number of hydrogen-bond acceptors (Lipinski definition) is 8. The van der Waals surface area contributed by atoms with E-state index in [2.05, 4.69) is 25.6 Å². The van der Waals surface area contributed by atoms with Gasteiger partial charge in [-0.05, 0) is 18.1 Å². The molecule has 12 nitrogen and oxygen atoms in total. The number of fused-ring (bicyclic) bond motifs is 2. The van der Waals surface area contributed by atoms with E-state index in [1.165, 1.54) is 12.7 Å². The normalized spacial score (nSPS) is 25.3. The minimum absolute atomic E-state index is 0.226. The SMILES string of the molecule is CCCCNC(=O)Nc1ncnc2c1ncn2C1OC(C(=O)O)C2OC(/C=C/c3ccccc3)OC21. The summed E-state index contributed by atoms with van der Waals surface area (Å²) < 4.78 is 19.4. The van der Waals surface area contributed by atoms with Crippen LogP contribution in [0.25, 0.3) is 17.2 Å². The number of carbonyl (C=O) groups excluding carboxylic acids is 1. The number of aromatic nitrogens is 4. The minimum atomic E-state index is -1.24. The molecule has 3 aromatic rings. The van der Waals surface area contributed by atoms with Gasteiger partial charge in [0.05, 0.1) is 6.33 Å². The second-order valence-corrected chi connectivity index (χ2v) is 8.41. The summed E-state index contributed by atoms with van der Waals surface area (Å²) in [5, 5.41) is 15.2. The number of carboxylic acids is 1. The van der Waals surface area contributed by atoms with Gasteiger partial charge in [0.1, 0.15) is 18.5 Å². The number of nitrogens with zero attached hydrogens (tertiary/aromatic N) is 4. The van der Waals surface area contributed by atoms with E-state index >= 15 is 0 Å². The van der Waals surface area contributed by atoms with Crippen molar-refractivity contribution in [3.05, 3.63) is 54.6 Å². The number of anilines is 1. The Bertz CT molecular complexity index is 1260. The fourth-order valence-corrected chi connectivity index (χ4v) is 4.20. The van der Waals surface area contributed by atoms with Gasteiger partial charge in [-0.1, -0.05) is 49.8 Å². The summed E-state index contributed by atoms with van der Waals surface area (Å²) in [5.74, 6) is -0.932. The molecule has 2 saturated heterocycles. The molecule has 36 heavy (non-hydrogen) atoms. The molecular weight excluding hydrogens is 468 g/mol. The highest BCUT2D eigenvalue weighted by Crippen LogP contribution is 2.41. The molecular formula is C24H26N6O6. The Labute approximate surface area is 206 Å². The zero-order valence-corrected chi connectivity index (χ0v) is 19.5. The molecule has 1 aromatic carbocycles. The number of rotatable bonds is 8. The maximum Gasteiger partial charge on any atom is 0.335 e. The molecule has 2 aromatic heterocycles. The van der Waals surface area contributed by atoms with E-state index in [9.17, 15) is 14.7 Å². The first kappa shape index (κ1) is 23.9. The Kier molecular flexibility index (Phi) is 6.89. The number of aliphatic carboxylic acids is 1. The van der Waals surface area contributed by atoms with Crippen LogP contribution in [0.2, 0.25) is 0 Å². The topological polar surface area (TPSA) is 150 Å². The Morgan fingerprint density at radius 1 is 1.11 bits per heavy atom. The molecule has 12 heteroatoms. The minimum Gasteiger partial charge on any atom is -0.479 e. The number of ether oxygens (including phenoxy) is 3. The van der Waals surface area contributed by atoms with E-state index < -0.39 is 42.8 Å². The number of carbonyl (C=O) groups is 2. The van der Waals surface area contributed by atoms with Crippen molar-refractivity contribution in [3.8, 4) is 0 Å². The number of unbranched alkanes of at least 4 members (excludes halogenated alkanes) is 1. The van der Waals surface area contributed by atoms with Gasteiger partial charge in [0.15, 0.2) is 35.6 Å². The maximum absolute atomic E-state index is 12.2. The Balaban J connectivity index is 1.37. The van der Waals surface area contributed by atoms with Crippen molar-refractivity contribution in [2.45, 2.75) is 50.6 Å². The third-order valence-corrected chi connectivity index (χ3v) is 5.94. The molecule has 3 N–H and O–H groups in total. The van der Waals surface area contributed by atoms with Crippen molar-refractivity contribution in [2.75, 3.05) is 11.9 Å². The first-order valence-electron chi connectivity index (χ1n) is 11.7. The van der Waals surface area contributed by atoms with Gasteiger partial charge in [-0.2, -0.15) is 0 Å². The van der Waals surface area contributed by atoms with Crippen LogP contribution in [0.15, 0.2) is 49.1 Å². The quantitative estimate of drug-likeness (QED) is 0.402. The number of amides is 2. The van der Waals surface area contributed by atoms with Crippen LogP contribution >= 0.6 is 0 Å². The van der Waals surface area contributed by atoms with E-state index in [4.69, 9.17) is 14.2 Å². The van der Waals surface area contributed by atoms with E-state index in [0.717, 1.165) is 18.4 Å². The summed E-state index contributed by atoms with van der Waals surface area (Å²) in [5.41, 5.74) is 1.65. The van der Waals surface area contributed by atoms with E-state index in [0.29, 0.717) is 17.7 Å². The molecule has 5 atom stereocenters. The summed E-state index contributed by atoms with van der Waals surface area (Å²) in [4.78, 5) is 36.9. The molecule has 0 radical (unpaired) electrons. The lowest BCUT2D eigenvalue weighted by Gasteiger charge is -2.19. The second kappa shape index (κ2) is 10.4. The predicted molar refractivity (Wildman–Crippen MR) is 128 cm³/mol. The highest BCUT2D eigenvalue weighted by atomic mass is 16.8. The standard InChI is InChI=1S/C24H26N6O6/c1-2-3-11-25-24(33)29-20-16-21(27-12-26-20)30(13-28-16)22-18-17(19(36-22)23(31)32)34-15(35-18)10-9-14-7-5-4-6-8-14/h4-10,12-13,15,17-19,22H,2-3,11H2,1H3,(H,31,32)(H2,25,26,27,29,33)/b10-9+. The summed E-state index contributed by atoms with van der Waals surface area (Å²) in [6.07, 6.45) is 3.74. The Morgan fingerprint density at radius 2 is 1.92 bits per heavy atom. The van der Waals surface area contributed by atoms with Crippen molar-refractivity contribution in [3.63, 3.8) is 0 Å². The molecule has 0 saturated carbocycles. The molecule has 188 valence electrons. The number of benzene rings is 1. The fourth-order valence-electron chi connectivity index (χ4n) is 4.20. The van der Waals surface area contributed by atoms with Crippen molar-refractivity contribution < 1.29 is 28.9 Å².